The van der Waals surface area contributed by atoms with Crippen LogP contribution in [0.4, 0.5) is 10.2 Å². The van der Waals surface area contributed by atoms with Crippen molar-refractivity contribution in [1.29, 1.82) is 0 Å². The van der Waals surface area contributed by atoms with Crippen LogP contribution in [0, 0.1) is 5.82 Å². The number of aliphatic hydroxyl groups is 3. The van der Waals surface area contributed by atoms with Gasteiger partial charge in [-0.1, -0.05) is 6.07 Å². The van der Waals surface area contributed by atoms with E-state index in [-0.39, 0.29) is 11.4 Å². The Bertz CT molecular complexity index is 890. The van der Waals surface area contributed by atoms with Crippen molar-refractivity contribution in [2.45, 2.75) is 24.5 Å². The number of hydrogen-bond acceptors (Lipinski definition) is 9. The summed E-state index contributed by atoms with van der Waals surface area (Å²) in [5.74, 6) is -1.61. The molecular formula is C16H16FN3O7. The SMILES string of the molecule is O=C(ONc1ccn([C@@H]2O[C@H](CO)[C@@H](O)[C@H]2O)c(=O)n1)c1cccc(F)c1. The Hall–Kier alpha value is -2.86. The molecule has 1 aromatic carbocycles. The van der Waals surface area contributed by atoms with Crippen molar-refractivity contribution >= 4 is 11.8 Å². The normalized spacial score (nSPS) is 24.6. The first-order valence-electron chi connectivity index (χ1n) is 7.85. The molecule has 0 radical (unpaired) electrons. The van der Waals surface area contributed by atoms with Crippen molar-refractivity contribution in [1.82, 2.24) is 9.55 Å². The van der Waals surface area contributed by atoms with Crippen LogP contribution >= 0.6 is 0 Å². The Balaban J connectivity index is 1.68. The summed E-state index contributed by atoms with van der Waals surface area (Å²) in [6.07, 6.45) is -3.88. The lowest BCUT2D eigenvalue weighted by Gasteiger charge is -2.17. The maximum Gasteiger partial charge on any atom is 0.362 e. The molecule has 10 nitrogen and oxygen atoms in total. The summed E-state index contributed by atoms with van der Waals surface area (Å²) in [5, 5.41) is 28.8. The van der Waals surface area contributed by atoms with Gasteiger partial charge in [-0.15, -0.1) is 0 Å². The molecule has 27 heavy (non-hydrogen) atoms. The molecule has 1 fully saturated rings. The predicted octanol–water partition coefficient (Wildman–Crippen LogP) is -0.822. The summed E-state index contributed by atoms with van der Waals surface area (Å²) in [6.45, 7) is -0.535. The maximum atomic E-state index is 13.1. The third-order valence-electron chi connectivity index (χ3n) is 3.93. The Labute approximate surface area is 151 Å². The van der Waals surface area contributed by atoms with Gasteiger partial charge in [0.25, 0.3) is 0 Å². The molecule has 2 aromatic rings. The molecular weight excluding hydrogens is 365 g/mol. The Kier molecular flexibility index (Phi) is 5.46. The highest BCUT2D eigenvalue weighted by molar-refractivity contribution is 5.89. The van der Waals surface area contributed by atoms with Crippen molar-refractivity contribution in [3.63, 3.8) is 0 Å². The molecule has 4 atom stereocenters. The number of nitrogens with one attached hydrogen (secondary N) is 1. The van der Waals surface area contributed by atoms with E-state index in [2.05, 4.69) is 10.5 Å². The van der Waals surface area contributed by atoms with Gasteiger partial charge < -0.3 is 24.9 Å². The summed E-state index contributed by atoms with van der Waals surface area (Å²) in [5.41, 5.74) is 1.27. The highest BCUT2D eigenvalue weighted by Crippen LogP contribution is 2.28. The van der Waals surface area contributed by atoms with E-state index < -0.39 is 48.6 Å². The summed E-state index contributed by atoms with van der Waals surface area (Å²) in [6, 6.07) is 6.10. The van der Waals surface area contributed by atoms with Crippen LogP contribution in [0.5, 0.6) is 0 Å². The van der Waals surface area contributed by atoms with E-state index in [0.717, 1.165) is 10.6 Å². The lowest BCUT2D eigenvalue weighted by molar-refractivity contribution is -0.0549. The zero-order valence-electron chi connectivity index (χ0n) is 13.7. The van der Waals surface area contributed by atoms with Crippen LogP contribution < -0.4 is 11.2 Å². The van der Waals surface area contributed by atoms with Crippen LogP contribution in [0.2, 0.25) is 0 Å². The van der Waals surface area contributed by atoms with E-state index in [1.165, 1.54) is 30.5 Å². The van der Waals surface area contributed by atoms with E-state index in [1.54, 1.807) is 0 Å². The zero-order chi connectivity index (χ0) is 19.6. The molecule has 0 amide bonds. The highest BCUT2D eigenvalue weighted by atomic mass is 19.1. The molecule has 0 spiro atoms. The topological polar surface area (TPSA) is 143 Å². The average molecular weight is 381 g/mol. The number of carbonyl (C=O) groups excluding carboxylic acids is 1. The molecule has 3 rings (SSSR count). The number of anilines is 1. The molecule has 1 aliphatic rings. The number of carbonyl (C=O) groups is 1. The van der Waals surface area contributed by atoms with E-state index in [9.17, 15) is 24.2 Å². The van der Waals surface area contributed by atoms with Crippen molar-refractivity contribution < 1.29 is 34.1 Å². The molecule has 2 heterocycles. The summed E-state index contributed by atoms with van der Waals surface area (Å²) in [7, 11) is 0. The third-order valence-corrected chi connectivity index (χ3v) is 3.93. The average Bonchev–Trinajstić information content (AvgIpc) is 2.94. The van der Waals surface area contributed by atoms with Crippen LogP contribution in [0.3, 0.4) is 0 Å². The minimum absolute atomic E-state index is 0.0395. The second-order valence-electron chi connectivity index (χ2n) is 5.73. The molecule has 1 aromatic heterocycles. The number of ether oxygens (including phenoxy) is 1. The van der Waals surface area contributed by atoms with E-state index >= 15 is 0 Å². The van der Waals surface area contributed by atoms with Gasteiger partial charge >= 0.3 is 11.7 Å². The number of nitrogens with zero attached hydrogens (tertiary/aromatic N) is 2. The summed E-state index contributed by atoms with van der Waals surface area (Å²) < 4.78 is 19.3. The first-order chi connectivity index (χ1) is 12.9. The standard InChI is InChI=1S/C16H16FN3O7/c17-9-3-1-2-8(6-9)15(24)27-19-11-4-5-20(16(25)18-11)14-13(23)12(22)10(7-21)26-14/h1-6,10,12-14,21-23H,7H2,(H,18,19,25)/t10-,12-,13-,14-/m1/s1. The lowest BCUT2D eigenvalue weighted by Crippen LogP contribution is -2.36. The van der Waals surface area contributed by atoms with Crippen LogP contribution in [0.25, 0.3) is 0 Å². The van der Waals surface area contributed by atoms with Crippen LogP contribution in [0.1, 0.15) is 16.6 Å². The highest BCUT2D eigenvalue weighted by Gasteiger charge is 2.43. The molecule has 1 saturated heterocycles. The maximum absolute atomic E-state index is 13.1. The number of aliphatic hydroxyl groups excluding tert-OH is 3. The predicted molar refractivity (Wildman–Crippen MR) is 86.9 cm³/mol. The molecule has 4 N–H and O–H groups in total. The molecule has 0 aliphatic carbocycles. The van der Waals surface area contributed by atoms with E-state index in [4.69, 9.17) is 14.7 Å². The first kappa shape index (κ1) is 18.9. The summed E-state index contributed by atoms with van der Waals surface area (Å²) in [4.78, 5) is 32.3. The van der Waals surface area contributed by atoms with Gasteiger partial charge in [-0.25, -0.2) is 14.0 Å². The molecule has 144 valence electrons. The quantitative estimate of drug-likeness (QED) is 0.488. The van der Waals surface area contributed by atoms with Crippen LogP contribution in [-0.4, -0.2) is 55.8 Å². The molecule has 0 unspecified atom stereocenters. The molecule has 0 bridgehead atoms. The van der Waals surface area contributed by atoms with Gasteiger partial charge in [0.05, 0.1) is 12.2 Å². The number of hydrogen-bond donors (Lipinski definition) is 4. The molecule has 1 aliphatic heterocycles. The van der Waals surface area contributed by atoms with Gasteiger partial charge in [-0.2, -0.15) is 10.5 Å². The monoisotopic (exact) mass is 381 g/mol. The van der Waals surface area contributed by atoms with Gasteiger partial charge in [0.2, 0.25) is 0 Å². The van der Waals surface area contributed by atoms with Gasteiger partial charge in [0.1, 0.15) is 24.1 Å². The summed E-state index contributed by atoms with van der Waals surface area (Å²) >= 11 is 0. The number of aromatic nitrogens is 2. The second kappa shape index (κ2) is 7.80. The molecule has 11 heteroatoms. The fourth-order valence-electron chi connectivity index (χ4n) is 2.55. The van der Waals surface area contributed by atoms with Crippen molar-refractivity contribution in [2.75, 3.05) is 12.1 Å². The zero-order valence-corrected chi connectivity index (χ0v) is 13.7. The second-order valence-corrected chi connectivity index (χ2v) is 5.73. The smallest absolute Gasteiger partial charge is 0.362 e. The fraction of sp³-hybridized carbons (Fsp3) is 0.312. The minimum Gasteiger partial charge on any atom is -0.394 e. The largest absolute Gasteiger partial charge is 0.394 e. The van der Waals surface area contributed by atoms with Gasteiger partial charge in [0, 0.05) is 12.3 Å². The van der Waals surface area contributed by atoms with Gasteiger partial charge in [-0.05, 0) is 18.2 Å². The van der Waals surface area contributed by atoms with E-state index in [0.29, 0.717) is 0 Å². The number of rotatable bonds is 5. The van der Waals surface area contributed by atoms with Gasteiger partial charge in [-0.3, -0.25) is 4.57 Å². The minimum atomic E-state index is -1.44. The van der Waals surface area contributed by atoms with Crippen molar-refractivity contribution in [2.24, 2.45) is 0 Å². The third kappa shape index (κ3) is 3.95. The molecule has 0 saturated carbocycles. The lowest BCUT2D eigenvalue weighted by atomic mass is 10.1. The Morgan fingerprint density at radius 3 is 2.74 bits per heavy atom. The van der Waals surface area contributed by atoms with Crippen LogP contribution in [0.15, 0.2) is 41.3 Å². The number of halogens is 1. The van der Waals surface area contributed by atoms with E-state index in [1.807, 2.05) is 0 Å². The first-order valence-corrected chi connectivity index (χ1v) is 7.85. The Morgan fingerprint density at radius 1 is 1.33 bits per heavy atom. The van der Waals surface area contributed by atoms with Crippen molar-refractivity contribution in [3.05, 3.63) is 58.4 Å². The van der Waals surface area contributed by atoms with Crippen LogP contribution in [-0.2, 0) is 9.57 Å². The number of benzene rings is 1. The van der Waals surface area contributed by atoms with Gasteiger partial charge in [0.15, 0.2) is 12.0 Å². The fourth-order valence-corrected chi connectivity index (χ4v) is 2.55. The van der Waals surface area contributed by atoms with Crippen molar-refractivity contribution in [3.8, 4) is 0 Å². The Morgan fingerprint density at radius 2 is 2.11 bits per heavy atom.